The number of aromatic nitrogens is 1. The van der Waals surface area contributed by atoms with Crippen molar-refractivity contribution in [3.8, 4) is 0 Å². The van der Waals surface area contributed by atoms with Crippen LogP contribution in [0.4, 0.5) is 5.69 Å². The molecule has 0 saturated heterocycles. The lowest BCUT2D eigenvalue weighted by molar-refractivity contribution is -0.121. The second-order valence-corrected chi connectivity index (χ2v) is 4.31. The molecule has 0 bridgehead atoms. The number of anilines is 1. The summed E-state index contributed by atoms with van der Waals surface area (Å²) in [5.41, 5.74) is 5.82. The molecule has 106 valence electrons. The lowest BCUT2D eigenvalue weighted by Crippen LogP contribution is -2.37. The summed E-state index contributed by atoms with van der Waals surface area (Å²) >= 11 is 0. The molecule has 1 heterocycles. The van der Waals surface area contributed by atoms with Crippen LogP contribution in [0.15, 0.2) is 23.1 Å². The maximum absolute atomic E-state index is 11.7. The first-order valence-electron chi connectivity index (χ1n) is 6.51. The normalized spacial score (nSPS) is 10.7. The van der Waals surface area contributed by atoms with Crippen molar-refractivity contribution in [1.29, 1.82) is 0 Å². The Labute approximate surface area is 113 Å². The minimum atomic E-state index is -0.229. The van der Waals surface area contributed by atoms with Gasteiger partial charge in [0.25, 0.3) is 5.56 Å². The number of nitrogens with one attached hydrogen (secondary N) is 1. The molecule has 6 nitrogen and oxygen atoms in total. The smallest absolute Gasteiger partial charge is 0.251 e. The van der Waals surface area contributed by atoms with E-state index in [9.17, 15) is 9.59 Å². The molecule has 1 rings (SSSR count). The molecular weight excluding hydrogens is 244 g/mol. The van der Waals surface area contributed by atoms with Crippen LogP contribution in [-0.2, 0) is 11.3 Å². The Morgan fingerprint density at radius 1 is 1.37 bits per heavy atom. The number of pyridine rings is 1. The summed E-state index contributed by atoms with van der Waals surface area (Å²) in [6.07, 6.45) is 1.48. The van der Waals surface area contributed by atoms with Crippen LogP contribution < -0.4 is 16.6 Å². The molecule has 0 unspecified atom stereocenters. The van der Waals surface area contributed by atoms with Crippen LogP contribution in [0, 0.1) is 0 Å². The van der Waals surface area contributed by atoms with E-state index in [1.165, 1.54) is 22.9 Å². The number of nitrogens with two attached hydrogens (primary N) is 1. The molecule has 1 aromatic rings. The van der Waals surface area contributed by atoms with Crippen molar-refractivity contribution in [3.63, 3.8) is 0 Å². The summed E-state index contributed by atoms with van der Waals surface area (Å²) < 4.78 is 1.31. The third kappa shape index (κ3) is 5.13. The fourth-order valence-electron chi connectivity index (χ4n) is 1.78. The van der Waals surface area contributed by atoms with E-state index < -0.39 is 0 Å². The molecule has 0 aromatic carbocycles. The van der Waals surface area contributed by atoms with Crippen molar-refractivity contribution in [2.24, 2.45) is 0 Å². The van der Waals surface area contributed by atoms with Crippen LogP contribution in [0.3, 0.4) is 0 Å². The predicted molar refractivity (Wildman–Crippen MR) is 75.9 cm³/mol. The number of hydrogen-bond acceptors (Lipinski definition) is 4. The molecule has 0 saturated carbocycles. The number of amides is 1. The van der Waals surface area contributed by atoms with E-state index >= 15 is 0 Å². The Morgan fingerprint density at radius 3 is 2.68 bits per heavy atom. The van der Waals surface area contributed by atoms with E-state index in [-0.39, 0.29) is 18.0 Å². The Bertz CT molecular complexity index is 466. The van der Waals surface area contributed by atoms with Crippen molar-refractivity contribution in [1.82, 2.24) is 14.8 Å². The molecule has 0 fully saturated rings. The molecule has 0 aliphatic carbocycles. The van der Waals surface area contributed by atoms with E-state index in [1.54, 1.807) is 0 Å². The molecule has 1 amide bonds. The number of nitrogen functional groups attached to an aromatic ring is 1. The van der Waals surface area contributed by atoms with E-state index in [2.05, 4.69) is 24.1 Å². The average Bonchev–Trinajstić information content (AvgIpc) is 2.39. The van der Waals surface area contributed by atoms with Gasteiger partial charge in [0.1, 0.15) is 6.54 Å². The second kappa shape index (κ2) is 7.58. The zero-order valence-corrected chi connectivity index (χ0v) is 11.6. The van der Waals surface area contributed by atoms with Crippen LogP contribution in [0.1, 0.15) is 13.8 Å². The van der Waals surface area contributed by atoms with Crippen LogP contribution in [0.2, 0.25) is 0 Å². The van der Waals surface area contributed by atoms with Crippen LogP contribution in [0.25, 0.3) is 0 Å². The van der Waals surface area contributed by atoms with Crippen molar-refractivity contribution in [2.75, 3.05) is 31.9 Å². The highest BCUT2D eigenvalue weighted by molar-refractivity contribution is 5.75. The third-order valence-electron chi connectivity index (χ3n) is 2.96. The highest BCUT2D eigenvalue weighted by Crippen LogP contribution is 1.95. The Kier molecular flexibility index (Phi) is 6.08. The fraction of sp³-hybridized carbons (Fsp3) is 0.538. The first-order chi connectivity index (χ1) is 9.06. The molecule has 6 heteroatoms. The Balaban J connectivity index is 2.43. The molecule has 0 aliphatic heterocycles. The van der Waals surface area contributed by atoms with Gasteiger partial charge in [0.2, 0.25) is 5.91 Å². The van der Waals surface area contributed by atoms with Crippen molar-refractivity contribution in [3.05, 3.63) is 28.7 Å². The number of carbonyl (C=O) groups excluding carboxylic acids is 1. The third-order valence-corrected chi connectivity index (χ3v) is 2.96. The molecule has 0 radical (unpaired) electrons. The van der Waals surface area contributed by atoms with Gasteiger partial charge in [-0.2, -0.15) is 0 Å². The molecule has 0 atom stereocenters. The summed E-state index contributed by atoms with van der Waals surface area (Å²) in [7, 11) is 0. The summed E-state index contributed by atoms with van der Waals surface area (Å²) in [5, 5.41) is 2.80. The van der Waals surface area contributed by atoms with Crippen LogP contribution in [0.5, 0.6) is 0 Å². The predicted octanol–water partition coefficient (Wildman–Crippen LogP) is -0.111. The first-order valence-corrected chi connectivity index (χ1v) is 6.51. The van der Waals surface area contributed by atoms with Crippen molar-refractivity contribution >= 4 is 11.6 Å². The second-order valence-electron chi connectivity index (χ2n) is 4.31. The maximum atomic E-state index is 11.7. The van der Waals surface area contributed by atoms with Gasteiger partial charge in [-0.25, -0.2) is 0 Å². The summed E-state index contributed by atoms with van der Waals surface area (Å²) in [5.74, 6) is -0.181. The van der Waals surface area contributed by atoms with Gasteiger partial charge in [-0.15, -0.1) is 0 Å². The van der Waals surface area contributed by atoms with Gasteiger partial charge < -0.3 is 20.5 Å². The minimum Gasteiger partial charge on any atom is -0.398 e. The summed E-state index contributed by atoms with van der Waals surface area (Å²) in [4.78, 5) is 25.4. The molecule has 0 spiro atoms. The van der Waals surface area contributed by atoms with Gasteiger partial charge in [-0.05, 0) is 19.2 Å². The van der Waals surface area contributed by atoms with E-state index in [4.69, 9.17) is 5.73 Å². The van der Waals surface area contributed by atoms with Gasteiger partial charge in [0.05, 0.1) is 0 Å². The van der Waals surface area contributed by atoms with Crippen LogP contribution in [-0.4, -0.2) is 41.6 Å². The van der Waals surface area contributed by atoms with E-state index in [0.29, 0.717) is 12.2 Å². The molecule has 0 aliphatic rings. The number of likely N-dealkylation sites (N-methyl/N-ethyl adjacent to an activating group) is 1. The van der Waals surface area contributed by atoms with Crippen LogP contribution >= 0.6 is 0 Å². The number of rotatable bonds is 7. The van der Waals surface area contributed by atoms with Gasteiger partial charge in [0, 0.05) is 31.0 Å². The zero-order valence-electron chi connectivity index (χ0n) is 11.6. The molecule has 1 aromatic heterocycles. The highest BCUT2D eigenvalue weighted by Gasteiger charge is 2.05. The van der Waals surface area contributed by atoms with Gasteiger partial charge in [-0.1, -0.05) is 13.8 Å². The zero-order chi connectivity index (χ0) is 14.3. The minimum absolute atomic E-state index is 0.00211. The quantitative estimate of drug-likeness (QED) is 0.721. The Hall–Kier alpha value is -1.82. The first kappa shape index (κ1) is 15.2. The van der Waals surface area contributed by atoms with Crippen molar-refractivity contribution in [2.45, 2.75) is 20.4 Å². The monoisotopic (exact) mass is 266 g/mol. The summed E-state index contributed by atoms with van der Waals surface area (Å²) in [6.45, 7) is 7.47. The van der Waals surface area contributed by atoms with E-state index in [0.717, 1.165) is 19.6 Å². The lowest BCUT2D eigenvalue weighted by Gasteiger charge is -2.18. The highest BCUT2D eigenvalue weighted by atomic mass is 16.2. The topological polar surface area (TPSA) is 80.4 Å². The lowest BCUT2D eigenvalue weighted by atomic mass is 10.4. The Morgan fingerprint density at radius 2 is 2.05 bits per heavy atom. The molecule has 3 N–H and O–H groups in total. The molecular formula is C13H22N4O2. The fourth-order valence-corrected chi connectivity index (χ4v) is 1.78. The summed E-state index contributed by atoms with van der Waals surface area (Å²) in [6, 6.07) is 2.88. The van der Waals surface area contributed by atoms with Gasteiger partial charge >= 0.3 is 0 Å². The van der Waals surface area contributed by atoms with Crippen molar-refractivity contribution < 1.29 is 4.79 Å². The number of hydrogen-bond donors (Lipinski definition) is 2. The SMILES string of the molecule is CCN(CC)CCNC(=O)Cn1cc(N)ccc1=O. The van der Waals surface area contributed by atoms with Gasteiger partial charge in [0.15, 0.2) is 0 Å². The average molecular weight is 266 g/mol. The largest absolute Gasteiger partial charge is 0.398 e. The van der Waals surface area contributed by atoms with E-state index in [1.807, 2.05) is 0 Å². The molecule has 19 heavy (non-hydrogen) atoms. The maximum Gasteiger partial charge on any atom is 0.251 e. The standard InChI is InChI=1S/C13H22N4O2/c1-3-16(4-2)8-7-15-12(18)10-17-9-11(14)5-6-13(17)19/h5-6,9H,3-4,7-8,10,14H2,1-2H3,(H,15,18). The number of nitrogens with zero attached hydrogens (tertiary/aromatic N) is 2. The van der Waals surface area contributed by atoms with Gasteiger partial charge in [-0.3, -0.25) is 9.59 Å². The number of carbonyl (C=O) groups is 1.